The van der Waals surface area contributed by atoms with Gasteiger partial charge in [0.1, 0.15) is 6.04 Å². The van der Waals surface area contributed by atoms with Crippen molar-refractivity contribution in [3.05, 3.63) is 71.8 Å². The van der Waals surface area contributed by atoms with Crippen molar-refractivity contribution in [3.8, 4) is 0 Å². The van der Waals surface area contributed by atoms with Crippen LogP contribution in [0.1, 0.15) is 31.4 Å². The molecule has 0 aliphatic carbocycles. The van der Waals surface area contributed by atoms with Crippen molar-refractivity contribution in [2.75, 3.05) is 6.16 Å². The van der Waals surface area contributed by atoms with E-state index in [2.05, 4.69) is 5.32 Å². The Bertz CT molecular complexity index is 921. The Morgan fingerprint density at radius 1 is 0.969 bits per heavy atom. The Kier molecular flexibility index (Phi) is 9.63. The first-order valence-corrected chi connectivity index (χ1v) is 12.7. The van der Waals surface area contributed by atoms with Crippen LogP contribution in [0.25, 0.3) is 0 Å². The second-order valence-corrected chi connectivity index (χ2v) is 11.2. The van der Waals surface area contributed by atoms with Crippen molar-refractivity contribution in [1.29, 1.82) is 0 Å². The number of rotatable bonds is 12. The fourth-order valence-electron chi connectivity index (χ4n) is 3.62. The van der Waals surface area contributed by atoms with Crippen LogP contribution in [0.2, 0.25) is 0 Å². The van der Waals surface area contributed by atoms with E-state index < -0.39 is 37.0 Å². The number of carbonyl (C=O) groups excluding carboxylic acids is 1. The molecule has 2 aromatic rings. The van der Waals surface area contributed by atoms with Gasteiger partial charge in [0.05, 0.1) is 5.78 Å². The first-order chi connectivity index (χ1) is 15.1. The maximum Gasteiger partial charge on any atom is 0.326 e. The number of hydrogen-bond donors (Lipinski definition) is 4. The van der Waals surface area contributed by atoms with Crippen LogP contribution in [0.3, 0.4) is 0 Å². The number of carboxylic acid groups (broad SMARTS) is 1. The van der Waals surface area contributed by atoms with Crippen molar-refractivity contribution in [2.45, 2.75) is 44.9 Å². The molecule has 3 unspecified atom stereocenters. The number of benzene rings is 2. The van der Waals surface area contributed by atoms with Crippen molar-refractivity contribution in [3.63, 3.8) is 0 Å². The van der Waals surface area contributed by atoms with Crippen molar-refractivity contribution in [1.82, 2.24) is 5.32 Å². The second-order valence-electron chi connectivity index (χ2n) is 8.61. The normalized spacial score (nSPS) is 16.0. The molecule has 0 radical (unpaired) electrons. The van der Waals surface area contributed by atoms with E-state index in [0.29, 0.717) is 6.42 Å². The van der Waals surface area contributed by atoms with Gasteiger partial charge in [0.15, 0.2) is 0 Å². The molecule has 0 fully saturated rings. The van der Waals surface area contributed by atoms with Crippen LogP contribution in [0.4, 0.5) is 0 Å². The summed E-state index contributed by atoms with van der Waals surface area (Å²) in [5.74, 6) is -3.44. The van der Waals surface area contributed by atoms with E-state index in [4.69, 9.17) is 5.73 Å². The largest absolute Gasteiger partial charge is 0.480 e. The Labute approximate surface area is 189 Å². The standard InChI is InChI=1S/C24H33N2O5P/c1-17(2)13-20(16-32(30,31)22(25)15-19-11-7-4-8-12-19)23(27)26-21(24(28)29)14-18-9-5-3-6-10-18/h3-12,17,20-22H,13-16,25H2,1-2H3,(H,26,27)(H,28,29)(H,30,31)/t20?,21-,22?/m0/s1. The van der Waals surface area contributed by atoms with Crippen LogP contribution >= 0.6 is 7.37 Å². The highest BCUT2D eigenvalue weighted by molar-refractivity contribution is 7.58. The molecule has 0 heterocycles. The highest BCUT2D eigenvalue weighted by atomic mass is 31.2. The SMILES string of the molecule is CC(C)CC(CP(=O)(O)C(N)Cc1ccccc1)C(=O)N[C@@H](Cc1ccccc1)C(=O)O. The van der Waals surface area contributed by atoms with Crippen LogP contribution in [0, 0.1) is 11.8 Å². The highest BCUT2D eigenvalue weighted by Gasteiger charge is 2.35. The average molecular weight is 461 g/mol. The van der Waals surface area contributed by atoms with E-state index >= 15 is 0 Å². The lowest BCUT2D eigenvalue weighted by atomic mass is 9.97. The van der Waals surface area contributed by atoms with Gasteiger partial charge in [-0.05, 0) is 29.9 Å². The van der Waals surface area contributed by atoms with Gasteiger partial charge < -0.3 is 21.1 Å². The summed E-state index contributed by atoms with van der Waals surface area (Å²) in [6.07, 6.45) is 0.409. The predicted molar refractivity (Wildman–Crippen MR) is 125 cm³/mol. The summed E-state index contributed by atoms with van der Waals surface area (Å²) in [7, 11) is -3.88. The summed E-state index contributed by atoms with van der Waals surface area (Å²) >= 11 is 0. The lowest BCUT2D eigenvalue weighted by Gasteiger charge is -2.26. The van der Waals surface area contributed by atoms with E-state index in [-0.39, 0.29) is 24.9 Å². The molecule has 174 valence electrons. The van der Waals surface area contributed by atoms with Gasteiger partial charge in [-0.15, -0.1) is 0 Å². The number of nitrogens with two attached hydrogens (primary N) is 1. The third-order valence-corrected chi connectivity index (χ3v) is 7.49. The number of carboxylic acids is 1. The molecule has 32 heavy (non-hydrogen) atoms. The Morgan fingerprint density at radius 2 is 1.47 bits per heavy atom. The molecule has 4 atom stereocenters. The Hall–Kier alpha value is -2.47. The quantitative estimate of drug-likeness (QED) is 0.360. The van der Waals surface area contributed by atoms with E-state index in [0.717, 1.165) is 11.1 Å². The monoisotopic (exact) mass is 460 g/mol. The molecule has 5 N–H and O–H groups in total. The van der Waals surface area contributed by atoms with Gasteiger partial charge in [-0.2, -0.15) is 0 Å². The zero-order chi connectivity index (χ0) is 23.7. The van der Waals surface area contributed by atoms with Crippen molar-refractivity contribution >= 4 is 19.2 Å². The van der Waals surface area contributed by atoms with Crippen LogP contribution < -0.4 is 11.1 Å². The molecule has 0 spiro atoms. The van der Waals surface area contributed by atoms with Gasteiger partial charge in [0, 0.05) is 18.5 Å². The molecule has 0 saturated heterocycles. The summed E-state index contributed by atoms with van der Waals surface area (Å²) in [5.41, 5.74) is 7.69. The number of amides is 1. The number of nitrogens with one attached hydrogen (secondary N) is 1. The molecule has 2 rings (SSSR count). The van der Waals surface area contributed by atoms with E-state index in [1.807, 2.05) is 50.2 Å². The summed E-state index contributed by atoms with van der Waals surface area (Å²) in [5, 5.41) is 12.2. The van der Waals surface area contributed by atoms with E-state index in [1.165, 1.54) is 0 Å². The van der Waals surface area contributed by atoms with Gasteiger partial charge in [-0.3, -0.25) is 9.36 Å². The summed E-state index contributed by atoms with van der Waals surface area (Å²) < 4.78 is 13.1. The smallest absolute Gasteiger partial charge is 0.326 e. The highest BCUT2D eigenvalue weighted by Crippen LogP contribution is 2.47. The van der Waals surface area contributed by atoms with Crippen molar-refractivity contribution < 1.29 is 24.2 Å². The lowest BCUT2D eigenvalue weighted by molar-refractivity contribution is -0.142. The number of carbonyl (C=O) groups is 2. The molecule has 7 nitrogen and oxygen atoms in total. The summed E-state index contributed by atoms with van der Waals surface area (Å²) in [4.78, 5) is 35.4. The molecular formula is C24H33N2O5P. The van der Waals surface area contributed by atoms with Gasteiger partial charge in [-0.25, -0.2) is 4.79 Å². The lowest BCUT2D eigenvalue weighted by Crippen LogP contribution is -2.46. The fourth-order valence-corrected chi connectivity index (χ4v) is 5.34. The fraction of sp³-hybridized carbons (Fsp3) is 0.417. The Morgan fingerprint density at radius 3 is 1.94 bits per heavy atom. The van der Waals surface area contributed by atoms with Crippen molar-refractivity contribution in [2.24, 2.45) is 17.6 Å². The summed E-state index contributed by atoms with van der Waals surface area (Å²) in [6.45, 7) is 3.82. The minimum Gasteiger partial charge on any atom is -0.480 e. The zero-order valence-electron chi connectivity index (χ0n) is 18.6. The maximum absolute atomic E-state index is 13.1. The topological polar surface area (TPSA) is 130 Å². The minimum absolute atomic E-state index is 0.0773. The van der Waals surface area contributed by atoms with Crippen LogP contribution in [-0.4, -0.2) is 39.9 Å². The summed E-state index contributed by atoms with van der Waals surface area (Å²) in [6, 6.07) is 17.1. The van der Waals surface area contributed by atoms with Gasteiger partial charge in [-0.1, -0.05) is 74.5 Å². The zero-order valence-corrected chi connectivity index (χ0v) is 19.4. The first-order valence-electron chi connectivity index (χ1n) is 10.8. The minimum atomic E-state index is -3.88. The molecule has 0 aromatic heterocycles. The van der Waals surface area contributed by atoms with Gasteiger partial charge in [0.25, 0.3) is 0 Å². The van der Waals surface area contributed by atoms with Gasteiger partial charge in [0.2, 0.25) is 13.3 Å². The second kappa shape index (κ2) is 12.0. The molecule has 0 bridgehead atoms. The van der Waals surface area contributed by atoms with Crippen LogP contribution in [0.5, 0.6) is 0 Å². The van der Waals surface area contributed by atoms with E-state index in [9.17, 15) is 24.2 Å². The molecule has 2 aromatic carbocycles. The van der Waals surface area contributed by atoms with Gasteiger partial charge >= 0.3 is 5.97 Å². The Balaban J connectivity index is 2.11. The van der Waals surface area contributed by atoms with E-state index in [1.54, 1.807) is 24.3 Å². The first kappa shape index (κ1) is 25.8. The maximum atomic E-state index is 13.1. The third kappa shape index (κ3) is 8.23. The molecular weight excluding hydrogens is 427 g/mol. The average Bonchev–Trinajstić information content (AvgIpc) is 2.73. The predicted octanol–water partition coefficient (Wildman–Crippen LogP) is 3.26. The van der Waals surface area contributed by atoms with Crippen LogP contribution in [0.15, 0.2) is 60.7 Å². The molecule has 0 aliphatic rings. The molecule has 0 saturated carbocycles. The third-order valence-electron chi connectivity index (χ3n) is 5.31. The molecule has 8 heteroatoms. The molecule has 1 amide bonds. The molecule has 0 aliphatic heterocycles. The van der Waals surface area contributed by atoms with Crippen LogP contribution in [-0.2, 0) is 27.0 Å². The number of hydrogen-bond acceptors (Lipinski definition) is 4. The number of aliphatic carboxylic acids is 1.